The van der Waals surface area contributed by atoms with Crippen molar-refractivity contribution >= 4 is 11.0 Å². The van der Waals surface area contributed by atoms with E-state index in [1.165, 1.54) is 16.6 Å². The lowest BCUT2D eigenvalue weighted by atomic mass is 10.1. The average molecular weight is 370 g/mol. The molecule has 0 aliphatic heterocycles. The third-order valence-electron chi connectivity index (χ3n) is 5.04. The second-order valence-electron chi connectivity index (χ2n) is 7.28. The SMILES string of the molecule is Cc1cccc(OC(C)c2nc3ccccc3n2CCCc2ccccc2)c1. The van der Waals surface area contributed by atoms with E-state index in [0.29, 0.717) is 0 Å². The quantitative estimate of drug-likeness (QED) is 0.392. The van der Waals surface area contributed by atoms with E-state index >= 15 is 0 Å². The summed E-state index contributed by atoms with van der Waals surface area (Å²) in [6.45, 7) is 5.08. The van der Waals surface area contributed by atoms with Crippen molar-refractivity contribution in [1.82, 2.24) is 9.55 Å². The number of fused-ring (bicyclic) bond motifs is 1. The van der Waals surface area contributed by atoms with Crippen LogP contribution in [0, 0.1) is 6.92 Å². The van der Waals surface area contributed by atoms with Crippen LogP contribution in [0.2, 0.25) is 0 Å². The lowest BCUT2D eigenvalue weighted by molar-refractivity contribution is 0.211. The van der Waals surface area contributed by atoms with Crippen LogP contribution < -0.4 is 4.74 Å². The largest absolute Gasteiger partial charge is 0.483 e. The number of ether oxygens (including phenoxy) is 1. The van der Waals surface area contributed by atoms with E-state index in [1.54, 1.807) is 0 Å². The zero-order valence-electron chi connectivity index (χ0n) is 16.5. The van der Waals surface area contributed by atoms with Gasteiger partial charge in [0, 0.05) is 6.54 Å². The van der Waals surface area contributed by atoms with E-state index in [1.807, 2.05) is 18.2 Å². The summed E-state index contributed by atoms with van der Waals surface area (Å²) in [5.41, 5.74) is 4.76. The fraction of sp³-hybridized carbons (Fsp3) is 0.240. The van der Waals surface area contributed by atoms with Gasteiger partial charge >= 0.3 is 0 Å². The van der Waals surface area contributed by atoms with Crippen molar-refractivity contribution in [3.8, 4) is 5.75 Å². The van der Waals surface area contributed by atoms with Gasteiger partial charge in [0.25, 0.3) is 0 Å². The van der Waals surface area contributed by atoms with Crippen molar-refractivity contribution in [2.24, 2.45) is 0 Å². The minimum Gasteiger partial charge on any atom is -0.483 e. The molecule has 1 aromatic heterocycles. The highest BCUT2D eigenvalue weighted by Gasteiger charge is 2.18. The van der Waals surface area contributed by atoms with Crippen molar-refractivity contribution in [2.75, 3.05) is 0 Å². The van der Waals surface area contributed by atoms with E-state index in [9.17, 15) is 0 Å². The first-order chi connectivity index (χ1) is 13.7. The maximum atomic E-state index is 6.23. The predicted molar refractivity (Wildman–Crippen MR) is 115 cm³/mol. The Morgan fingerprint density at radius 1 is 0.929 bits per heavy atom. The van der Waals surface area contributed by atoms with Gasteiger partial charge in [-0.1, -0.05) is 54.6 Å². The van der Waals surface area contributed by atoms with Crippen molar-refractivity contribution in [2.45, 2.75) is 39.3 Å². The molecule has 0 N–H and O–H groups in total. The maximum Gasteiger partial charge on any atom is 0.153 e. The van der Waals surface area contributed by atoms with Crippen LogP contribution in [0.3, 0.4) is 0 Å². The number of aryl methyl sites for hydroxylation is 3. The van der Waals surface area contributed by atoms with Gasteiger partial charge < -0.3 is 9.30 Å². The number of hydrogen-bond acceptors (Lipinski definition) is 2. The molecule has 0 saturated heterocycles. The summed E-state index contributed by atoms with van der Waals surface area (Å²) < 4.78 is 8.55. The number of benzene rings is 3. The number of imidazole rings is 1. The van der Waals surface area contributed by atoms with Crippen LogP contribution in [0.4, 0.5) is 0 Å². The molecule has 0 amide bonds. The summed E-state index contributed by atoms with van der Waals surface area (Å²) in [5.74, 6) is 1.87. The number of aromatic nitrogens is 2. The molecule has 4 aromatic rings. The van der Waals surface area contributed by atoms with Gasteiger partial charge in [-0.15, -0.1) is 0 Å². The Kier molecular flexibility index (Phi) is 5.43. The van der Waals surface area contributed by atoms with E-state index in [-0.39, 0.29) is 6.10 Å². The minimum absolute atomic E-state index is 0.120. The van der Waals surface area contributed by atoms with E-state index in [0.717, 1.165) is 36.5 Å². The standard InChI is InChI=1S/C25H26N2O/c1-19-10-8-14-22(18-19)28-20(2)25-26-23-15-6-7-16-24(23)27(25)17-9-13-21-11-4-3-5-12-21/h3-8,10-12,14-16,18,20H,9,13,17H2,1-2H3. The molecule has 1 atom stereocenters. The summed E-state index contributed by atoms with van der Waals surface area (Å²) in [7, 11) is 0. The molecule has 4 rings (SSSR count). The Morgan fingerprint density at radius 2 is 1.71 bits per heavy atom. The molecule has 3 aromatic carbocycles. The van der Waals surface area contributed by atoms with Crippen molar-refractivity contribution in [3.05, 3.63) is 95.8 Å². The Hall–Kier alpha value is -3.07. The first kappa shape index (κ1) is 18.3. The number of para-hydroxylation sites is 2. The molecular weight excluding hydrogens is 344 g/mol. The molecule has 3 nitrogen and oxygen atoms in total. The molecule has 28 heavy (non-hydrogen) atoms. The number of nitrogens with zero attached hydrogens (tertiary/aromatic N) is 2. The smallest absolute Gasteiger partial charge is 0.153 e. The van der Waals surface area contributed by atoms with Crippen LogP contribution in [-0.2, 0) is 13.0 Å². The molecular formula is C25H26N2O. The first-order valence-electron chi connectivity index (χ1n) is 9.93. The third kappa shape index (κ3) is 4.09. The lowest BCUT2D eigenvalue weighted by Gasteiger charge is -2.17. The number of rotatable bonds is 7. The van der Waals surface area contributed by atoms with Gasteiger partial charge in [-0.2, -0.15) is 0 Å². The Morgan fingerprint density at radius 3 is 2.54 bits per heavy atom. The number of hydrogen-bond donors (Lipinski definition) is 0. The van der Waals surface area contributed by atoms with Gasteiger partial charge in [-0.05, 0) is 62.1 Å². The Balaban J connectivity index is 1.57. The molecule has 142 valence electrons. The summed E-state index contributed by atoms with van der Waals surface area (Å²) in [6.07, 6.45) is 2.00. The van der Waals surface area contributed by atoms with Crippen LogP contribution in [0.25, 0.3) is 11.0 Å². The fourth-order valence-electron chi connectivity index (χ4n) is 3.67. The molecule has 0 bridgehead atoms. The molecule has 3 heteroatoms. The average Bonchev–Trinajstić information content (AvgIpc) is 3.08. The van der Waals surface area contributed by atoms with E-state index < -0.39 is 0 Å². The summed E-state index contributed by atoms with van der Waals surface area (Å²) in [5, 5.41) is 0. The van der Waals surface area contributed by atoms with Gasteiger partial charge in [0.2, 0.25) is 0 Å². The van der Waals surface area contributed by atoms with Crippen molar-refractivity contribution < 1.29 is 4.74 Å². The molecule has 1 unspecified atom stereocenters. The maximum absolute atomic E-state index is 6.23. The van der Waals surface area contributed by atoms with Gasteiger partial charge in [0.15, 0.2) is 11.9 Å². The van der Waals surface area contributed by atoms with Crippen LogP contribution in [0.5, 0.6) is 5.75 Å². The third-order valence-corrected chi connectivity index (χ3v) is 5.04. The Labute approximate surface area is 166 Å². The second kappa shape index (κ2) is 8.30. The highest BCUT2D eigenvalue weighted by atomic mass is 16.5. The molecule has 1 heterocycles. The topological polar surface area (TPSA) is 27.1 Å². The van der Waals surface area contributed by atoms with E-state index in [2.05, 4.69) is 79.1 Å². The second-order valence-corrected chi connectivity index (χ2v) is 7.28. The monoisotopic (exact) mass is 370 g/mol. The van der Waals surface area contributed by atoms with Gasteiger partial charge in [-0.25, -0.2) is 4.98 Å². The Bertz CT molecular complexity index is 1050. The minimum atomic E-state index is -0.120. The van der Waals surface area contributed by atoms with Crippen LogP contribution in [0.15, 0.2) is 78.9 Å². The normalized spacial score (nSPS) is 12.2. The van der Waals surface area contributed by atoms with Gasteiger partial charge in [0.05, 0.1) is 11.0 Å². The molecule has 0 aliphatic rings. The van der Waals surface area contributed by atoms with Gasteiger partial charge in [-0.3, -0.25) is 0 Å². The lowest BCUT2D eigenvalue weighted by Crippen LogP contribution is -2.12. The highest BCUT2D eigenvalue weighted by molar-refractivity contribution is 5.76. The van der Waals surface area contributed by atoms with Crippen LogP contribution in [0.1, 0.15) is 36.4 Å². The molecule has 0 radical (unpaired) electrons. The highest BCUT2D eigenvalue weighted by Crippen LogP contribution is 2.26. The zero-order valence-corrected chi connectivity index (χ0v) is 16.5. The van der Waals surface area contributed by atoms with Gasteiger partial charge in [0.1, 0.15) is 5.75 Å². The zero-order chi connectivity index (χ0) is 19.3. The van der Waals surface area contributed by atoms with Crippen LogP contribution >= 0.6 is 0 Å². The van der Waals surface area contributed by atoms with Crippen molar-refractivity contribution in [1.29, 1.82) is 0 Å². The first-order valence-corrected chi connectivity index (χ1v) is 9.93. The molecule has 0 fully saturated rings. The predicted octanol–water partition coefficient (Wildman–Crippen LogP) is 6.12. The van der Waals surface area contributed by atoms with E-state index in [4.69, 9.17) is 9.72 Å². The summed E-state index contributed by atoms with van der Waals surface area (Å²) in [4.78, 5) is 4.89. The van der Waals surface area contributed by atoms with Crippen LogP contribution in [-0.4, -0.2) is 9.55 Å². The summed E-state index contributed by atoms with van der Waals surface area (Å²) in [6, 6.07) is 27.2. The molecule has 0 spiro atoms. The summed E-state index contributed by atoms with van der Waals surface area (Å²) >= 11 is 0. The molecule has 0 aliphatic carbocycles. The molecule has 0 saturated carbocycles. The van der Waals surface area contributed by atoms with Crippen molar-refractivity contribution in [3.63, 3.8) is 0 Å². The fourth-order valence-corrected chi connectivity index (χ4v) is 3.67.